The first-order valence-corrected chi connectivity index (χ1v) is 3.96. The third-order valence-corrected chi connectivity index (χ3v) is 2.26. The number of benzene rings is 1. The Labute approximate surface area is 77.3 Å². The van der Waals surface area contributed by atoms with Gasteiger partial charge in [-0.2, -0.15) is 0 Å². The molecule has 1 aromatic carbocycles. The fraction of sp³-hybridized carbons (Fsp3) is 0. The second-order valence-electron chi connectivity index (χ2n) is 2.09. The SMILES string of the molecule is B.C1=Cc2ccccc2SN1.F. The van der Waals surface area contributed by atoms with Crippen LogP contribution in [0.3, 0.4) is 0 Å². The van der Waals surface area contributed by atoms with Crippen molar-refractivity contribution in [3.05, 3.63) is 36.0 Å². The highest BCUT2D eigenvalue weighted by Gasteiger charge is 2.00. The molecule has 1 aliphatic heterocycles. The van der Waals surface area contributed by atoms with Crippen LogP contribution < -0.4 is 4.72 Å². The summed E-state index contributed by atoms with van der Waals surface area (Å²) in [6.07, 6.45) is 4.03. The Hall–Kier alpha value is -0.895. The van der Waals surface area contributed by atoms with Crippen LogP contribution in [-0.4, -0.2) is 8.41 Å². The molecule has 0 saturated carbocycles. The van der Waals surface area contributed by atoms with Crippen molar-refractivity contribution < 1.29 is 4.70 Å². The number of fused-ring (bicyclic) bond motifs is 1. The number of halogens is 1. The molecular weight excluding hydrogens is 172 g/mol. The van der Waals surface area contributed by atoms with Crippen molar-refractivity contribution in [3.63, 3.8) is 0 Å². The molecule has 1 N–H and O–H groups in total. The van der Waals surface area contributed by atoms with Gasteiger partial charge in [-0.15, -0.1) is 0 Å². The summed E-state index contributed by atoms with van der Waals surface area (Å²) in [5, 5.41) is 0. The number of nitrogens with one attached hydrogen (secondary N) is 1. The molecule has 0 fully saturated rings. The van der Waals surface area contributed by atoms with E-state index in [0.717, 1.165) is 0 Å². The van der Waals surface area contributed by atoms with Crippen LogP contribution in [0.5, 0.6) is 0 Å². The minimum atomic E-state index is 0. The van der Waals surface area contributed by atoms with Gasteiger partial charge in [0, 0.05) is 11.1 Å². The highest BCUT2D eigenvalue weighted by molar-refractivity contribution is 7.97. The molecule has 2 rings (SSSR count). The van der Waals surface area contributed by atoms with Crippen molar-refractivity contribution in [1.82, 2.24) is 4.72 Å². The molecule has 0 saturated heterocycles. The minimum absolute atomic E-state index is 0. The van der Waals surface area contributed by atoms with E-state index in [1.165, 1.54) is 10.5 Å². The van der Waals surface area contributed by atoms with Gasteiger partial charge < -0.3 is 4.72 Å². The molecule has 0 unspecified atom stereocenters. The molecule has 0 aromatic heterocycles. The largest absolute Gasteiger partial charge is 0.332 e. The zero-order valence-corrected chi connectivity index (χ0v) is 6.60. The molecule has 0 bridgehead atoms. The van der Waals surface area contributed by atoms with Gasteiger partial charge in [0.15, 0.2) is 0 Å². The molecular formula is C8H11BFNS. The van der Waals surface area contributed by atoms with Crippen LogP contribution in [0.2, 0.25) is 0 Å². The van der Waals surface area contributed by atoms with E-state index in [4.69, 9.17) is 0 Å². The first kappa shape index (κ1) is 11.1. The summed E-state index contributed by atoms with van der Waals surface area (Å²) in [5.74, 6) is 0. The van der Waals surface area contributed by atoms with Crippen LogP contribution in [0.1, 0.15) is 5.56 Å². The van der Waals surface area contributed by atoms with Crippen molar-refractivity contribution in [2.75, 3.05) is 0 Å². The molecule has 12 heavy (non-hydrogen) atoms. The number of rotatable bonds is 0. The molecule has 64 valence electrons. The monoisotopic (exact) mass is 183 g/mol. The minimum Gasteiger partial charge on any atom is -0.332 e. The standard InChI is InChI=1S/C8H7NS.BH3.FH/c1-2-4-8-7(3-1)5-6-9-10-8;;/h1-6,9H;1H3;1H. The predicted octanol–water partition coefficient (Wildman–Crippen LogP) is 1.24. The molecule has 0 atom stereocenters. The highest BCUT2D eigenvalue weighted by atomic mass is 32.2. The molecule has 1 aromatic rings. The highest BCUT2D eigenvalue weighted by Crippen LogP contribution is 2.23. The summed E-state index contributed by atoms with van der Waals surface area (Å²) in [5.41, 5.74) is 1.30. The second kappa shape index (κ2) is 4.88. The lowest BCUT2D eigenvalue weighted by atomic mass is 10.2. The molecule has 0 amide bonds. The molecule has 0 aliphatic carbocycles. The Kier molecular flexibility index (Phi) is 4.51. The average Bonchev–Trinajstić information content (AvgIpc) is 2.05. The van der Waals surface area contributed by atoms with Gasteiger partial charge in [-0.3, -0.25) is 4.70 Å². The smallest absolute Gasteiger partial charge is 0.0814 e. The van der Waals surface area contributed by atoms with Crippen molar-refractivity contribution in [1.29, 1.82) is 0 Å². The molecule has 1 aliphatic rings. The van der Waals surface area contributed by atoms with Crippen molar-refractivity contribution in [2.45, 2.75) is 4.90 Å². The van der Waals surface area contributed by atoms with Gasteiger partial charge in [0.05, 0.1) is 8.41 Å². The third kappa shape index (κ3) is 2.04. The first-order valence-electron chi connectivity index (χ1n) is 3.15. The van der Waals surface area contributed by atoms with Crippen LogP contribution in [0, 0.1) is 0 Å². The molecule has 1 nitrogen and oxygen atoms in total. The van der Waals surface area contributed by atoms with Gasteiger partial charge in [-0.05, 0) is 29.7 Å². The third-order valence-electron chi connectivity index (χ3n) is 1.42. The Bertz CT molecular complexity index is 278. The Morgan fingerprint density at radius 1 is 1.17 bits per heavy atom. The van der Waals surface area contributed by atoms with Crippen LogP contribution in [-0.2, 0) is 0 Å². The maximum Gasteiger partial charge on any atom is 0.0814 e. The second-order valence-corrected chi connectivity index (χ2v) is 2.97. The fourth-order valence-electron chi connectivity index (χ4n) is 0.932. The van der Waals surface area contributed by atoms with Gasteiger partial charge >= 0.3 is 0 Å². The maximum atomic E-state index is 3.08. The molecule has 0 radical (unpaired) electrons. The zero-order valence-electron chi connectivity index (χ0n) is 5.78. The van der Waals surface area contributed by atoms with Gasteiger partial charge in [0.25, 0.3) is 0 Å². The predicted molar refractivity (Wildman–Crippen MR) is 56.9 cm³/mol. The van der Waals surface area contributed by atoms with Crippen LogP contribution in [0.4, 0.5) is 4.70 Å². The summed E-state index contributed by atoms with van der Waals surface area (Å²) in [6.45, 7) is 0. The Balaban J connectivity index is 0.000000605. The molecule has 0 spiro atoms. The van der Waals surface area contributed by atoms with E-state index in [2.05, 4.69) is 29.0 Å². The zero-order chi connectivity index (χ0) is 6.81. The summed E-state index contributed by atoms with van der Waals surface area (Å²) < 4.78 is 3.08. The van der Waals surface area contributed by atoms with E-state index in [0.29, 0.717) is 0 Å². The van der Waals surface area contributed by atoms with Crippen molar-refractivity contribution in [3.8, 4) is 0 Å². The van der Waals surface area contributed by atoms with E-state index in [9.17, 15) is 0 Å². The normalized spacial score (nSPS) is 11.7. The van der Waals surface area contributed by atoms with Crippen LogP contribution >= 0.6 is 11.9 Å². The summed E-state index contributed by atoms with van der Waals surface area (Å²) in [7, 11) is 0. The lowest BCUT2D eigenvalue weighted by molar-refractivity contribution is 1.11. The van der Waals surface area contributed by atoms with E-state index < -0.39 is 0 Å². The quantitative estimate of drug-likeness (QED) is 0.479. The fourth-order valence-corrected chi connectivity index (χ4v) is 1.60. The van der Waals surface area contributed by atoms with Crippen LogP contribution in [0.15, 0.2) is 35.4 Å². The summed E-state index contributed by atoms with van der Waals surface area (Å²) in [6, 6.07) is 8.32. The van der Waals surface area contributed by atoms with E-state index in [1.54, 1.807) is 11.9 Å². The van der Waals surface area contributed by atoms with Gasteiger partial charge in [-0.1, -0.05) is 18.2 Å². The lowest BCUT2D eigenvalue weighted by Crippen LogP contribution is -1.96. The number of hydrogen-bond acceptors (Lipinski definition) is 2. The molecule has 1 heterocycles. The number of hydrogen-bond donors (Lipinski definition) is 1. The van der Waals surface area contributed by atoms with Gasteiger partial charge in [0.2, 0.25) is 0 Å². The van der Waals surface area contributed by atoms with Gasteiger partial charge in [0.1, 0.15) is 0 Å². The topological polar surface area (TPSA) is 12.0 Å². The van der Waals surface area contributed by atoms with Crippen LogP contribution in [0.25, 0.3) is 6.08 Å². The summed E-state index contributed by atoms with van der Waals surface area (Å²) >= 11 is 1.65. The van der Waals surface area contributed by atoms with E-state index in [-0.39, 0.29) is 13.1 Å². The Morgan fingerprint density at radius 2 is 1.92 bits per heavy atom. The van der Waals surface area contributed by atoms with E-state index >= 15 is 0 Å². The van der Waals surface area contributed by atoms with Crippen molar-refractivity contribution >= 4 is 26.4 Å². The lowest BCUT2D eigenvalue weighted by Gasteiger charge is -2.08. The van der Waals surface area contributed by atoms with E-state index in [1.807, 2.05) is 12.3 Å². The molecule has 4 heteroatoms. The Morgan fingerprint density at radius 3 is 2.67 bits per heavy atom. The average molecular weight is 183 g/mol. The first-order chi connectivity index (χ1) is 4.97. The maximum absolute atomic E-state index is 3.08. The van der Waals surface area contributed by atoms with Crippen molar-refractivity contribution in [2.24, 2.45) is 0 Å². The van der Waals surface area contributed by atoms with Gasteiger partial charge in [-0.25, -0.2) is 0 Å². The summed E-state index contributed by atoms with van der Waals surface area (Å²) in [4.78, 5) is 1.30.